The van der Waals surface area contributed by atoms with Crippen molar-refractivity contribution in [2.75, 3.05) is 6.54 Å². The third-order valence-corrected chi connectivity index (χ3v) is 4.99. The first-order valence-corrected chi connectivity index (χ1v) is 7.88. The first kappa shape index (κ1) is 14.0. The van der Waals surface area contributed by atoms with E-state index in [1.165, 1.54) is 16.8 Å². The lowest BCUT2D eigenvalue weighted by atomic mass is 9.83. The second-order valence-corrected chi connectivity index (χ2v) is 6.14. The van der Waals surface area contributed by atoms with Crippen LogP contribution < -0.4 is 0 Å². The molecule has 0 saturated heterocycles. The van der Waals surface area contributed by atoms with Gasteiger partial charge in [0, 0.05) is 18.7 Å². The quantitative estimate of drug-likeness (QED) is 0.776. The number of fused-ring (bicyclic) bond motifs is 2. The van der Waals surface area contributed by atoms with E-state index in [0.717, 1.165) is 37.8 Å². The molecule has 0 saturated carbocycles. The predicted molar refractivity (Wildman–Crippen MR) is 82.9 cm³/mol. The Hall–Kier alpha value is -0.990. The van der Waals surface area contributed by atoms with E-state index >= 15 is 0 Å². The fraction of sp³-hybridized carbons (Fsp3) is 0.438. The van der Waals surface area contributed by atoms with Crippen molar-refractivity contribution in [2.24, 2.45) is 0 Å². The second kappa shape index (κ2) is 5.42. The third-order valence-electron chi connectivity index (χ3n) is 4.14. The number of benzene rings is 1. The van der Waals surface area contributed by atoms with E-state index in [4.69, 9.17) is 23.2 Å². The second-order valence-electron chi connectivity index (χ2n) is 5.36. The average molecular weight is 310 g/mol. The van der Waals surface area contributed by atoms with Gasteiger partial charge in [-0.3, -0.25) is 4.79 Å². The van der Waals surface area contributed by atoms with Crippen molar-refractivity contribution >= 4 is 34.7 Å². The van der Waals surface area contributed by atoms with Gasteiger partial charge in [-0.2, -0.15) is 0 Å². The minimum absolute atomic E-state index is 0.258. The molecule has 1 heterocycles. The molecule has 2 aliphatic rings. The van der Waals surface area contributed by atoms with Crippen LogP contribution in [0, 0.1) is 0 Å². The van der Waals surface area contributed by atoms with Gasteiger partial charge in [0.15, 0.2) is 0 Å². The molecule has 0 spiro atoms. The van der Waals surface area contributed by atoms with Crippen LogP contribution in [0.5, 0.6) is 0 Å². The molecule has 1 aromatic rings. The van der Waals surface area contributed by atoms with E-state index in [1.807, 2.05) is 11.0 Å². The average Bonchev–Trinajstić information content (AvgIpc) is 2.45. The number of hydrogen-bond acceptors (Lipinski definition) is 1. The first-order valence-electron chi connectivity index (χ1n) is 7.13. The fourth-order valence-electron chi connectivity index (χ4n) is 3.25. The van der Waals surface area contributed by atoms with Crippen molar-refractivity contribution in [1.29, 1.82) is 0 Å². The number of amides is 1. The lowest BCUT2D eigenvalue weighted by molar-refractivity contribution is -0.129. The zero-order valence-corrected chi connectivity index (χ0v) is 13.0. The van der Waals surface area contributed by atoms with Gasteiger partial charge in [0.2, 0.25) is 5.91 Å². The van der Waals surface area contributed by atoms with E-state index in [-0.39, 0.29) is 5.91 Å². The Morgan fingerprint density at radius 1 is 1.15 bits per heavy atom. The summed E-state index contributed by atoms with van der Waals surface area (Å²) in [6, 6.07) is 3.91. The summed E-state index contributed by atoms with van der Waals surface area (Å²) in [7, 11) is 0. The molecule has 20 heavy (non-hydrogen) atoms. The SMILES string of the molecule is CCCN1C(=O)CCC2=C1CCc1c2ccc(Cl)c1Cl. The number of halogens is 2. The van der Waals surface area contributed by atoms with Gasteiger partial charge >= 0.3 is 0 Å². The van der Waals surface area contributed by atoms with Crippen LogP contribution in [0.2, 0.25) is 10.0 Å². The van der Waals surface area contributed by atoms with E-state index in [9.17, 15) is 4.79 Å². The standard InChI is InChI=1S/C16H17Cl2NO/c1-2-9-19-14-7-4-12-10(3-6-13(17)16(12)18)11(14)5-8-15(19)20/h3,6H,2,4-5,7-9H2,1H3. The van der Waals surface area contributed by atoms with E-state index in [1.54, 1.807) is 0 Å². The zero-order valence-electron chi connectivity index (χ0n) is 11.5. The Morgan fingerprint density at radius 3 is 2.70 bits per heavy atom. The Labute approximate surface area is 129 Å². The van der Waals surface area contributed by atoms with Gasteiger partial charge in [0.05, 0.1) is 10.0 Å². The van der Waals surface area contributed by atoms with Crippen molar-refractivity contribution in [3.63, 3.8) is 0 Å². The molecular formula is C16H17Cl2NO. The molecule has 0 aromatic heterocycles. The molecule has 0 atom stereocenters. The number of rotatable bonds is 2. The minimum Gasteiger partial charge on any atom is -0.316 e. The highest BCUT2D eigenvalue weighted by Crippen LogP contribution is 2.43. The molecule has 106 valence electrons. The molecule has 0 bridgehead atoms. The summed E-state index contributed by atoms with van der Waals surface area (Å²) < 4.78 is 0. The monoisotopic (exact) mass is 309 g/mol. The largest absolute Gasteiger partial charge is 0.316 e. The summed E-state index contributed by atoms with van der Waals surface area (Å²) in [4.78, 5) is 14.1. The molecule has 1 amide bonds. The molecule has 1 aromatic carbocycles. The first-order chi connectivity index (χ1) is 9.63. The van der Waals surface area contributed by atoms with Crippen molar-refractivity contribution < 1.29 is 4.79 Å². The number of hydrogen-bond donors (Lipinski definition) is 0. The van der Waals surface area contributed by atoms with Crippen LogP contribution in [0.4, 0.5) is 0 Å². The number of nitrogens with zero attached hydrogens (tertiary/aromatic N) is 1. The Kier molecular flexibility index (Phi) is 3.78. The summed E-state index contributed by atoms with van der Waals surface area (Å²) >= 11 is 12.4. The van der Waals surface area contributed by atoms with Crippen molar-refractivity contribution in [3.05, 3.63) is 39.0 Å². The smallest absolute Gasteiger partial charge is 0.227 e. The Balaban J connectivity index is 2.11. The van der Waals surface area contributed by atoms with Crippen LogP contribution in [-0.2, 0) is 11.2 Å². The zero-order chi connectivity index (χ0) is 14.3. The van der Waals surface area contributed by atoms with Gasteiger partial charge < -0.3 is 4.90 Å². The van der Waals surface area contributed by atoms with Gasteiger partial charge in [0.25, 0.3) is 0 Å². The summed E-state index contributed by atoms with van der Waals surface area (Å²) in [5.41, 5.74) is 4.82. The summed E-state index contributed by atoms with van der Waals surface area (Å²) in [6.07, 6.45) is 4.14. The number of carbonyl (C=O) groups is 1. The van der Waals surface area contributed by atoms with Crippen LogP contribution >= 0.6 is 23.2 Å². The molecule has 2 nitrogen and oxygen atoms in total. The highest BCUT2D eigenvalue weighted by atomic mass is 35.5. The Bertz CT molecular complexity index is 607. The maximum absolute atomic E-state index is 12.1. The molecule has 1 aliphatic carbocycles. The van der Waals surface area contributed by atoms with Gasteiger partial charge in [-0.1, -0.05) is 36.2 Å². The lowest BCUT2D eigenvalue weighted by Crippen LogP contribution is -2.36. The molecule has 0 fully saturated rings. The van der Waals surface area contributed by atoms with Gasteiger partial charge in [-0.25, -0.2) is 0 Å². The topological polar surface area (TPSA) is 20.3 Å². The van der Waals surface area contributed by atoms with Crippen LogP contribution in [-0.4, -0.2) is 17.4 Å². The van der Waals surface area contributed by atoms with E-state index in [2.05, 4.69) is 13.0 Å². The predicted octanol–water partition coefficient (Wildman–Crippen LogP) is 4.68. The maximum Gasteiger partial charge on any atom is 0.227 e. The number of carbonyl (C=O) groups excluding carboxylic acids is 1. The molecule has 0 radical (unpaired) electrons. The van der Waals surface area contributed by atoms with Crippen LogP contribution in [0.25, 0.3) is 5.57 Å². The van der Waals surface area contributed by atoms with Crippen molar-refractivity contribution in [3.8, 4) is 0 Å². The third kappa shape index (κ3) is 2.15. The van der Waals surface area contributed by atoms with Crippen molar-refractivity contribution in [1.82, 2.24) is 4.90 Å². The van der Waals surface area contributed by atoms with E-state index in [0.29, 0.717) is 16.5 Å². The lowest BCUT2D eigenvalue weighted by Gasteiger charge is -2.36. The summed E-state index contributed by atoms with van der Waals surface area (Å²) in [6.45, 7) is 2.92. The highest BCUT2D eigenvalue weighted by Gasteiger charge is 2.31. The van der Waals surface area contributed by atoms with Gasteiger partial charge in [-0.05, 0) is 48.4 Å². The minimum atomic E-state index is 0.258. The van der Waals surface area contributed by atoms with Crippen LogP contribution in [0.15, 0.2) is 17.8 Å². The van der Waals surface area contributed by atoms with Gasteiger partial charge in [0.1, 0.15) is 0 Å². The fourth-order valence-corrected chi connectivity index (χ4v) is 3.68. The summed E-state index contributed by atoms with van der Waals surface area (Å²) in [5, 5.41) is 1.29. The van der Waals surface area contributed by atoms with E-state index < -0.39 is 0 Å². The maximum atomic E-state index is 12.1. The molecule has 0 N–H and O–H groups in total. The molecule has 1 aliphatic heterocycles. The van der Waals surface area contributed by atoms with Crippen LogP contribution in [0.1, 0.15) is 43.7 Å². The summed E-state index contributed by atoms with van der Waals surface area (Å²) in [5.74, 6) is 0.258. The van der Waals surface area contributed by atoms with Crippen LogP contribution in [0.3, 0.4) is 0 Å². The highest BCUT2D eigenvalue weighted by molar-refractivity contribution is 6.42. The van der Waals surface area contributed by atoms with Gasteiger partial charge in [-0.15, -0.1) is 0 Å². The molecule has 3 rings (SSSR count). The Morgan fingerprint density at radius 2 is 1.95 bits per heavy atom. The molecule has 4 heteroatoms. The van der Waals surface area contributed by atoms with Crippen molar-refractivity contribution in [2.45, 2.75) is 39.0 Å². The molecule has 0 unspecified atom stereocenters. The number of allylic oxidation sites excluding steroid dienone is 2. The molecular weight excluding hydrogens is 293 g/mol. The normalized spacial score (nSPS) is 18.1.